The Balaban J connectivity index is 1.34. The highest BCUT2D eigenvalue weighted by molar-refractivity contribution is 5.87. The van der Waals surface area contributed by atoms with Gasteiger partial charge in [0.1, 0.15) is 5.41 Å². The summed E-state index contributed by atoms with van der Waals surface area (Å²) in [6, 6.07) is 20.2. The molecule has 6 aliphatic rings. The molecule has 8 rings (SSSR count). The Hall–Kier alpha value is -2.51. The van der Waals surface area contributed by atoms with Crippen LogP contribution >= 0.6 is 0 Å². The lowest BCUT2D eigenvalue weighted by molar-refractivity contribution is -0.255. The molecule has 4 aliphatic carbocycles. The number of allylic oxidation sites excluding steroid dienone is 1. The predicted molar refractivity (Wildman–Crippen MR) is 170 cm³/mol. The number of esters is 1. The van der Waals surface area contributed by atoms with Crippen molar-refractivity contribution in [3.8, 4) is 0 Å². The van der Waals surface area contributed by atoms with Gasteiger partial charge in [-0.3, -0.25) is 4.79 Å². The van der Waals surface area contributed by atoms with Gasteiger partial charge in [-0.05, 0) is 72.8 Å². The number of carbonyl (C=O) groups is 1. The fourth-order valence-electron chi connectivity index (χ4n) is 11.3. The number of aliphatic hydroxyl groups is 1. The number of hydrogen-bond acceptors (Lipinski definition) is 6. The van der Waals surface area contributed by atoms with Gasteiger partial charge in [0.05, 0.1) is 32.0 Å². The van der Waals surface area contributed by atoms with Crippen molar-refractivity contribution in [1.29, 1.82) is 0 Å². The Morgan fingerprint density at radius 2 is 1.60 bits per heavy atom. The molecular weight excluding hydrogens is 564 g/mol. The molecular formula is C39H48O6. The number of rotatable bonds is 10. The second-order valence-electron chi connectivity index (χ2n) is 15.2. The fourth-order valence-corrected chi connectivity index (χ4v) is 11.3. The molecule has 2 aromatic rings. The van der Waals surface area contributed by atoms with E-state index in [9.17, 15) is 5.11 Å². The summed E-state index contributed by atoms with van der Waals surface area (Å²) >= 11 is 0. The van der Waals surface area contributed by atoms with Crippen molar-refractivity contribution in [2.75, 3.05) is 19.8 Å². The predicted octanol–water partition coefficient (Wildman–Crippen LogP) is 6.87. The second kappa shape index (κ2) is 11.0. The number of benzene rings is 2. The van der Waals surface area contributed by atoms with Crippen LogP contribution in [0.15, 0.2) is 72.3 Å². The van der Waals surface area contributed by atoms with Crippen LogP contribution in [-0.2, 0) is 23.7 Å². The van der Waals surface area contributed by atoms with Crippen LogP contribution in [-0.4, -0.2) is 49.4 Å². The highest BCUT2D eigenvalue weighted by Gasteiger charge is 2.87. The van der Waals surface area contributed by atoms with Crippen LogP contribution in [0, 0.1) is 45.8 Å². The summed E-state index contributed by atoms with van der Waals surface area (Å²) in [6.45, 7) is 8.61. The number of hydrogen-bond donors (Lipinski definition) is 1. The molecule has 45 heavy (non-hydrogen) atoms. The molecule has 6 unspecified atom stereocenters. The van der Waals surface area contributed by atoms with Crippen molar-refractivity contribution in [3.63, 3.8) is 0 Å². The minimum absolute atomic E-state index is 0.0510. The Kier molecular flexibility index (Phi) is 7.33. The van der Waals surface area contributed by atoms with Gasteiger partial charge in [0.15, 0.2) is 12.4 Å². The lowest BCUT2D eigenvalue weighted by Gasteiger charge is -2.63. The van der Waals surface area contributed by atoms with E-state index in [1.165, 1.54) is 0 Å². The van der Waals surface area contributed by atoms with Crippen LogP contribution < -0.4 is 0 Å². The van der Waals surface area contributed by atoms with E-state index >= 15 is 4.79 Å². The second-order valence-corrected chi connectivity index (χ2v) is 15.2. The number of carbonyl (C=O) groups excluding carboxylic acids is 1. The van der Waals surface area contributed by atoms with Gasteiger partial charge in [-0.2, -0.15) is 0 Å². The lowest BCUT2D eigenvalue weighted by atomic mass is 9.41. The topological polar surface area (TPSA) is 77.5 Å². The third kappa shape index (κ3) is 4.11. The van der Waals surface area contributed by atoms with Crippen LogP contribution in [0.2, 0.25) is 0 Å². The largest absolute Gasteiger partial charge is 0.452 e. The molecule has 6 nitrogen and oxygen atoms in total. The van der Waals surface area contributed by atoms with Crippen molar-refractivity contribution in [2.45, 2.75) is 83.9 Å². The van der Waals surface area contributed by atoms with Crippen LogP contribution in [0.4, 0.5) is 0 Å². The number of aliphatic hydroxyl groups excluding tert-OH is 1. The smallest absolute Gasteiger partial charge is 0.318 e. The molecule has 4 bridgehead atoms. The summed E-state index contributed by atoms with van der Waals surface area (Å²) < 4.78 is 25.7. The first kappa shape index (κ1) is 29.9. The zero-order valence-electron chi connectivity index (χ0n) is 26.9. The van der Waals surface area contributed by atoms with Gasteiger partial charge in [-0.25, -0.2) is 0 Å². The number of epoxide rings is 1. The minimum atomic E-state index is -1.06. The summed E-state index contributed by atoms with van der Waals surface area (Å²) in [4.78, 5) is 15.9. The molecule has 0 amide bonds. The van der Waals surface area contributed by atoms with Crippen molar-refractivity contribution >= 4 is 5.97 Å². The fraction of sp³-hybridized carbons (Fsp3) is 0.615. The highest BCUT2D eigenvalue weighted by Crippen LogP contribution is 2.85. The first-order chi connectivity index (χ1) is 21.8. The Labute approximate surface area is 267 Å². The van der Waals surface area contributed by atoms with E-state index in [-0.39, 0.29) is 29.8 Å². The van der Waals surface area contributed by atoms with E-state index in [0.717, 1.165) is 55.4 Å². The number of fused-ring (bicyclic) bond motifs is 2. The first-order valence-electron chi connectivity index (χ1n) is 17.4. The molecule has 2 aliphatic heterocycles. The normalized spacial score (nSPS) is 38.9. The van der Waals surface area contributed by atoms with Gasteiger partial charge in [0.2, 0.25) is 0 Å². The van der Waals surface area contributed by atoms with E-state index < -0.39 is 34.7 Å². The van der Waals surface area contributed by atoms with Gasteiger partial charge in [-0.1, -0.05) is 99.5 Å². The first-order valence-corrected chi connectivity index (χ1v) is 17.4. The zero-order valence-corrected chi connectivity index (χ0v) is 26.9. The van der Waals surface area contributed by atoms with E-state index in [1.54, 1.807) is 0 Å². The van der Waals surface area contributed by atoms with Gasteiger partial charge < -0.3 is 24.1 Å². The van der Waals surface area contributed by atoms with Gasteiger partial charge in [0, 0.05) is 10.8 Å². The zero-order chi connectivity index (χ0) is 31.0. The summed E-state index contributed by atoms with van der Waals surface area (Å²) in [7, 11) is 0. The average Bonchev–Trinajstić information content (AvgIpc) is 3.37. The number of ether oxygens (including phenoxy) is 4. The average molecular weight is 613 g/mol. The van der Waals surface area contributed by atoms with Crippen LogP contribution in [0.5, 0.6) is 0 Å². The molecule has 1 N–H and O–H groups in total. The molecule has 0 spiro atoms. The quantitative estimate of drug-likeness (QED) is 0.179. The minimum Gasteiger partial charge on any atom is -0.452 e. The van der Waals surface area contributed by atoms with Crippen molar-refractivity contribution in [2.24, 2.45) is 45.8 Å². The molecule has 3 saturated carbocycles. The Bertz CT molecular complexity index is 1390. The standard InChI is InChI=1S/C39H48O6/c1-24(2)32-20-28-21-38(36-42-18-19-43-36)31-16-14-25(3)30(31)22-37(28,33(40)17-15-29-23-44-29)39(32,38)35(41)45-34(26-10-6-4-7-11-26)27-12-8-5-9-13-27/h4-13,20,24-25,28-31,33-34,36,40H,14-19,21-23H2,1-3H3/t25-,28?,29?,30-,31-,33?,37?,38?,39?/m1/s1. The summed E-state index contributed by atoms with van der Waals surface area (Å²) in [5.41, 5.74) is 0.647. The SMILES string of the molecule is CC(C)C1=CC2CC3(C4OCCO4)[C@@H]4CC[C@@H](C)[C@H]4CC2(C(O)CCC2CO2)C13C(=O)OC(c1ccccc1)c1ccccc1. The van der Waals surface area contributed by atoms with E-state index in [4.69, 9.17) is 18.9 Å². The maximum absolute atomic E-state index is 15.9. The molecule has 2 aromatic carbocycles. The third-order valence-corrected chi connectivity index (χ3v) is 13.0. The van der Waals surface area contributed by atoms with Crippen LogP contribution in [0.25, 0.3) is 0 Å². The van der Waals surface area contributed by atoms with E-state index in [0.29, 0.717) is 31.5 Å². The highest BCUT2D eigenvalue weighted by atomic mass is 16.7. The van der Waals surface area contributed by atoms with Crippen LogP contribution in [0.3, 0.4) is 0 Å². The van der Waals surface area contributed by atoms with Crippen molar-refractivity contribution in [1.82, 2.24) is 0 Å². The molecule has 5 fully saturated rings. The Morgan fingerprint density at radius 1 is 0.956 bits per heavy atom. The van der Waals surface area contributed by atoms with Crippen molar-refractivity contribution in [3.05, 3.63) is 83.4 Å². The maximum atomic E-state index is 15.9. The molecule has 0 aromatic heterocycles. The molecule has 6 heteroatoms. The molecule has 2 saturated heterocycles. The Morgan fingerprint density at radius 3 is 2.20 bits per heavy atom. The van der Waals surface area contributed by atoms with Gasteiger partial charge in [-0.15, -0.1) is 0 Å². The maximum Gasteiger partial charge on any atom is 0.318 e. The summed E-state index contributed by atoms with van der Waals surface area (Å²) in [5, 5.41) is 12.7. The lowest BCUT2D eigenvalue weighted by Crippen LogP contribution is -2.68. The molecule has 0 radical (unpaired) electrons. The van der Waals surface area contributed by atoms with Gasteiger partial charge in [0.25, 0.3) is 0 Å². The van der Waals surface area contributed by atoms with Crippen molar-refractivity contribution < 1.29 is 28.8 Å². The molecule has 9 atom stereocenters. The van der Waals surface area contributed by atoms with Gasteiger partial charge >= 0.3 is 5.97 Å². The monoisotopic (exact) mass is 612 g/mol. The van der Waals surface area contributed by atoms with Crippen LogP contribution in [0.1, 0.15) is 76.5 Å². The molecule has 2 heterocycles. The van der Waals surface area contributed by atoms with E-state index in [2.05, 4.69) is 26.8 Å². The summed E-state index contributed by atoms with van der Waals surface area (Å²) in [6.07, 6.45) is 6.07. The summed E-state index contributed by atoms with van der Waals surface area (Å²) in [5.74, 6) is 1.12. The third-order valence-electron chi connectivity index (χ3n) is 13.0. The molecule has 240 valence electrons. The van der Waals surface area contributed by atoms with E-state index in [1.807, 2.05) is 60.7 Å².